The van der Waals surface area contributed by atoms with Crippen molar-refractivity contribution in [3.8, 4) is 0 Å². The van der Waals surface area contributed by atoms with Gasteiger partial charge in [-0.25, -0.2) is 4.39 Å². The van der Waals surface area contributed by atoms with Crippen LogP contribution < -0.4 is 5.32 Å². The minimum Gasteiger partial charge on any atom is -0.311 e. The van der Waals surface area contributed by atoms with E-state index in [1.54, 1.807) is 0 Å². The predicted molar refractivity (Wildman–Crippen MR) is 80.9 cm³/mol. The summed E-state index contributed by atoms with van der Waals surface area (Å²) in [5, 5.41) is 3.62. The van der Waals surface area contributed by atoms with Crippen LogP contribution in [0.2, 0.25) is 0 Å². The largest absolute Gasteiger partial charge is 0.311 e. The highest BCUT2D eigenvalue weighted by atomic mass is 19.1. The van der Waals surface area contributed by atoms with Crippen LogP contribution in [0, 0.1) is 11.7 Å². The lowest BCUT2D eigenvalue weighted by Gasteiger charge is -2.20. The van der Waals surface area contributed by atoms with Gasteiger partial charge < -0.3 is 5.32 Å². The molecule has 0 amide bonds. The number of benzene rings is 1. The number of hydrogen-bond acceptors (Lipinski definition) is 1. The Morgan fingerprint density at radius 2 is 1.58 bits per heavy atom. The first kappa shape index (κ1) is 16.2. The van der Waals surface area contributed by atoms with Crippen molar-refractivity contribution in [2.75, 3.05) is 0 Å². The molecule has 1 N–H and O–H groups in total. The molecule has 0 aliphatic heterocycles. The van der Waals surface area contributed by atoms with E-state index >= 15 is 0 Å². The third kappa shape index (κ3) is 7.31. The molecule has 0 aromatic heterocycles. The minimum atomic E-state index is -0.161. The fourth-order valence-corrected chi connectivity index (χ4v) is 2.43. The zero-order valence-corrected chi connectivity index (χ0v) is 12.7. The molecule has 1 aromatic carbocycles. The molecule has 0 radical (unpaired) electrons. The summed E-state index contributed by atoms with van der Waals surface area (Å²) in [5.74, 6) is 0.634. The van der Waals surface area contributed by atoms with Crippen LogP contribution in [0.1, 0.15) is 52.5 Å². The van der Waals surface area contributed by atoms with E-state index < -0.39 is 0 Å². The first-order chi connectivity index (χ1) is 8.97. The van der Waals surface area contributed by atoms with Crippen LogP contribution in [0.5, 0.6) is 0 Å². The molecule has 1 nitrogen and oxygen atoms in total. The van der Waals surface area contributed by atoms with Crippen LogP contribution >= 0.6 is 0 Å². The molecule has 0 bridgehead atoms. The third-order valence-electron chi connectivity index (χ3n) is 3.44. The van der Waals surface area contributed by atoms with Crippen LogP contribution in [0.25, 0.3) is 0 Å². The Bertz CT molecular complexity index is 345. The molecule has 2 heteroatoms. The molecule has 108 valence electrons. The van der Waals surface area contributed by atoms with Crippen molar-refractivity contribution in [3.05, 3.63) is 35.6 Å². The van der Waals surface area contributed by atoms with Gasteiger partial charge in [-0.1, -0.05) is 38.8 Å². The molecule has 0 saturated carbocycles. The molecule has 0 saturated heterocycles. The fraction of sp³-hybridized carbons (Fsp3) is 0.647. The van der Waals surface area contributed by atoms with Crippen molar-refractivity contribution in [3.63, 3.8) is 0 Å². The van der Waals surface area contributed by atoms with Gasteiger partial charge in [0.1, 0.15) is 5.82 Å². The van der Waals surface area contributed by atoms with E-state index in [0.29, 0.717) is 12.1 Å². The van der Waals surface area contributed by atoms with Gasteiger partial charge in [0, 0.05) is 12.1 Å². The lowest BCUT2D eigenvalue weighted by atomic mass is 10.0. The summed E-state index contributed by atoms with van der Waals surface area (Å²) in [7, 11) is 0. The third-order valence-corrected chi connectivity index (χ3v) is 3.44. The Morgan fingerprint density at radius 3 is 2.16 bits per heavy atom. The summed E-state index contributed by atoms with van der Waals surface area (Å²) in [5.41, 5.74) is 1.19. The van der Waals surface area contributed by atoms with Crippen LogP contribution in [-0.4, -0.2) is 12.1 Å². The van der Waals surface area contributed by atoms with Gasteiger partial charge in [-0.3, -0.25) is 0 Å². The molecular weight excluding hydrogens is 237 g/mol. The highest BCUT2D eigenvalue weighted by Gasteiger charge is 2.08. The average molecular weight is 265 g/mol. The molecule has 0 fully saturated rings. The normalized spacial score (nSPS) is 14.6. The van der Waals surface area contributed by atoms with Crippen molar-refractivity contribution < 1.29 is 4.39 Å². The topological polar surface area (TPSA) is 12.0 Å². The van der Waals surface area contributed by atoms with Gasteiger partial charge in [0.2, 0.25) is 0 Å². The van der Waals surface area contributed by atoms with E-state index in [1.807, 2.05) is 12.1 Å². The summed E-state index contributed by atoms with van der Waals surface area (Å²) in [6.45, 7) is 8.99. The lowest BCUT2D eigenvalue weighted by Crippen LogP contribution is -2.35. The molecule has 2 unspecified atom stereocenters. The predicted octanol–water partition coefficient (Wildman–Crippen LogP) is 4.56. The number of nitrogens with one attached hydrogen (secondary N) is 1. The second kappa shape index (κ2) is 8.31. The highest BCUT2D eigenvalue weighted by molar-refractivity contribution is 5.17. The highest BCUT2D eigenvalue weighted by Crippen LogP contribution is 2.10. The Labute approximate surface area is 117 Å². The number of rotatable bonds is 8. The molecule has 0 aliphatic rings. The molecule has 0 spiro atoms. The average Bonchev–Trinajstić information content (AvgIpc) is 2.31. The standard InChI is InChI=1S/C17H28FN/c1-13(2)6-5-7-14(3)19-15(4)12-16-8-10-17(18)11-9-16/h8-11,13-15,19H,5-7,12H2,1-4H3. The quantitative estimate of drug-likeness (QED) is 0.726. The maximum atomic E-state index is 12.8. The van der Waals surface area contributed by atoms with Crippen LogP contribution in [-0.2, 0) is 6.42 Å². The van der Waals surface area contributed by atoms with E-state index in [-0.39, 0.29) is 5.82 Å². The van der Waals surface area contributed by atoms with E-state index in [4.69, 9.17) is 0 Å². The number of hydrogen-bond donors (Lipinski definition) is 1. The second-order valence-corrected chi connectivity index (χ2v) is 6.12. The summed E-state index contributed by atoms with van der Waals surface area (Å²) in [6.07, 6.45) is 4.77. The van der Waals surface area contributed by atoms with Gasteiger partial charge in [0.05, 0.1) is 0 Å². The van der Waals surface area contributed by atoms with E-state index in [2.05, 4.69) is 33.0 Å². The van der Waals surface area contributed by atoms with E-state index in [0.717, 1.165) is 12.3 Å². The van der Waals surface area contributed by atoms with Crippen molar-refractivity contribution in [2.45, 2.75) is 65.5 Å². The van der Waals surface area contributed by atoms with Crippen LogP contribution in [0.3, 0.4) is 0 Å². The van der Waals surface area contributed by atoms with Gasteiger partial charge in [-0.2, -0.15) is 0 Å². The van der Waals surface area contributed by atoms with E-state index in [9.17, 15) is 4.39 Å². The van der Waals surface area contributed by atoms with Gasteiger partial charge >= 0.3 is 0 Å². The van der Waals surface area contributed by atoms with Crippen LogP contribution in [0.15, 0.2) is 24.3 Å². The molecule has 2 atom stereocenters. The summed E-state index contributed by atoms with van der Waals surface area (Å²) in [6, 6.07) is 7.80. The summed E-state index contributed by atoms with van der Waals surface area (Å²) >= 11 is 0. The maximum Gasteiger partial charge on any atom is 0.123 e. The fourth-order valence-electron chi connectivity index (χ4n) is 2.43. The molecule has 19 heavy (non-hydrogen) atoms. The Hall–Kier alpha value is -0.890. The minimum absolute atomic E-state index is 0.161. The van der Waals surface area contributed by atoms with Crippen molar-refractivity contribution in [2.24, 2.45) is 5.92 Å². The van der Waals surface area contributed by atoms with Gasteiger partial charge in [0.15, 0.2) is 0 Å². The monoisotopic (exact) mass is 265 g/mol. The molecule has 1 aromatic rings. The lowest BCUT2D eigenvalue weighted by molar-refractivity contribution is 0.416. The van der Waals surface area contributed by atoms with E-state index in [1.165, 1.54) is 37.0 Å². The Morgan fingerprint density at radius 1 is 0.947 bits per heavy atom. The Balaban J connectivity index is 2.26. The first-order valence-electron chi connectivity index (χ1n) is 7.48. The SMILES string of the molecule is CC(C)CCCC(C)NC(C)Cc1ccc(F)cc1. The van der Waals surface area contributed by atoms with Gasteiger partial charge in [-0.05, 0) is 50.3 Å². The van der Waals surface area contributed by atoms with Crippen molar-refractivity contribution in [1.82, 2.24) is 5.32 Å². The van der Waals surface area contributed by atoms with Gasteiger partial charge in [0.25, 0.3) is 0 Å². The molecule has 0 aliphatic carbocycles. The number of halogens is 1. The molecule has 0 heterocycles. The summed E-state index contributed by atoms with van der Waals surface area (Å²) in [4.78, 5) is 0. The molecule has 1 rings (SSSR count). The summed E-state index contributed by atoms with van der Waals surface area (Å²) < 4.78 is 12.8. The van der Waals surface area contributed by atoms with Gasteiger partial charge in [-0.15, -0.1) is 0 Å². The smallest absolute Gasteiger partial charge is 0.123 e. The zero-order valence-electron chi connectivity index (χ0n) is 12.7. The second-order valence-electron chi connectivity index (χ2n) is 6.12. The first-order valence-corrected chi connectivity index (χ1v) is 7.48. The maximum absolute atomic E-state index is 12.8. The van der Waals surface area contributed by atoms with Crippen molar-refractivity contribution >= 4 is 0 Å². The molecular formula is C17H28FN. The zero-order chi connectivity index (χ0) is 14.3. The van der Waals surface area contributed by atoms with Crippen LogP contribution in [0.4, 0.5) is 4.39 Å². The van der Waals surface area contributed by atoms with Crippen molar-refractivity contribution in [1.29, 1.82) is 0 Å². The Kier molecular flexibility index (Phi) is 7.07.